The van der Waals surface area contributed by atoms with Crippen LogP contribution in [0.1, 0.15) is 48.8 Å². The Balaban J connectivity index is 2.09. The van der Waals surface area contributed by atoms with Gasteiger partial charge in [0.25, 0.3) is 0 Å². The smallest absolute Gasteiger partial charge is 0.419 e. The van der Waals surface area contributed by atoms with Crippen LogP contribution in [0.25, 0.3) is 22.0 Å². The van der Waals surface area contributed by atoms with E-state index in [1.165, 1.54) is 12.3 Å². The zero-order valence-corrected chi connectivity index (χ0v) is 18.3. The van der Waals surface area contributed by atoms with Gasteiger partial charge in [-0.25, -0.2) is 4.79 Å². The number of aliphatic carboxylic acids is 1. The van der Waals surface area contributed by atoms with Crippen LogP contribution >= 0.6 is 11.3 Å². The number of hydrogen-bond donors (Lipinski definition) is 1. The van der Waals surface area contributed by atoms with Gasteiger partial charge in [-0.05, 0) is 49.9 Å². The predicted octanol–water partition coefficient (Wildman–Crippen LogP) is 6.22. The van der Waals surface area contributed by atoms with E-state index in [-0.39, 0.29) is 24.1 Å². The summed E-state index contributed by atoms with van der Waals surface area (Å²) in [5, 5.41) is 10.8. The number of hydrogen-bond acceptors (Lipinski definition) is 5. The van der Waals surface area contributed by atoms with Crippen molar-refractivity contribution in [3.63, 3.8) is 0 Å². The van der Waals surface area contributed by atoms with Crippen molar-refractivity contribution in [1.82, 2.24) is 4.57 Å². The Morgan fingerprint density at radius 3 is 2.38 bits per heavy atom. The summed E-state index contributed by atoms with van der Waals surface area (Å²) in [5.41, 5.74) is -0.765. The molecule has 0 aliphatic carbocycles. The van der Waals surface area contributed by atoms with Gasteiger partial charge >= 0.3 is 18.2 Å². The number of fused-ring (bicyclic) bond motifs is 1. The number of aromatic nitrogens is 1. The van der Waals surface area contributed by atoms with Gasteiger partial charge in [-0.1, -0.05) is 6.07 Å². The van der Waals surface area contributed by atoms with Crippen LogP contribution in [0.4, 0.5) is 18.0 Å². The minimum atomic E-state index is -4.59. The van der Waals surface area contributed by atoms with Crippen molar-refractivity contribution < 1.29 is 37.4 Å². The Labute approximate surface area is 185 Å². The number of carboxylic acids is 1. The molecular formula is C22H20F3NO5S. The van der Waals surface area contributed by atoms with Gasteiger partial charge in [-0.3, -0.25) is 14.2 Å². The molecule has 10 heteroatoms. The first-order valence-electron chi connectivity index (χ1n) is 9.56. The van der Waals surface area contributed by atoms with Crippen LogP contribution in [0.15, 0.2) is 35.8 Å². The van der Waals surface area contributed by atoms with Gasteiger partial charge in [0.2, 0.25) is 0 Å². The number of benzene rings is 1. The lowest BCUT2D eigenvalue weighted by Gasteiger charge is -2.20. The number of nitrogens with zero attached hydrogens (tertiary/aromatic N) is 1. The molecule has 0 amide bonds. The molecule has 170 valence electrons. The summed E-state index contributed by atoms with van der Waals surface area (Å²) in [6, 6.07) is 4.63. The lowest BCUT2D eigenvalue weighted by molar-refractivity contribution is -0.138. The minimum absolute atomic E-state index is 0.0222. The number of ketones is 1. The molecule has 1 N–H and O–H groups in total. The van der Waals surface area contributed by atoms with E-state index in [2.05, 4.69) is 0 Å². The Morgan fingerprint density at radius 1 is 1.09 bits per heavy atom. The van der Waals surface area contributed by atoms with Crippen LogP contribution in [-0.2, 0) is 15.7 Å². The summed E-state index contributed by atoms with van der Waals surface area (Å²) in [4.78, 5) is 35.9. The summed E-state index contributed by atoms with van der Waals surface area (Å²) >= 11 is 1.10. The van der Waals surface area contributed by atoms with Gasteiger partial charge in [-0.2, -0.15) is 13.2 Å². The number of carboxylic acid groups (broad SMARTS) is 1. The van der Waals surface area contributed by atoms with Gasteiger partial charge in [-0.15, -0.1) is 11.3 Å². The highest BCUT2D eigenvalue weighted by Crippen LogP contribution is 2.38. The van der Waals surface area contributed by atoms with E-state index in [1.54, 1.807) is 32.2 Å². The second-order valence-electron chi connectivity index (χ2n) is 8.14. The maximum Gasteiger partial charge on any atom is 0.419 e. The van der Waals surface area contributed by atoms with Crippen LogP contribution < -0.4 is 0 Å². The van der Waals surface area contributed by atoms with Crippen molar-refractivity contribution in [1.29, 1.82) is 0 Å². The first-order chi connectivity index (χ1) is 14.8. The maximum atomic E-state index is 13.3. The highest BCUT2D eigenvalue weighted by atomic mass is 32.1. The topological polar surface area (TPSA) is 85.6 Å². The number of thiophene rings is 1. The van der Waals surface area contributed by atoms with Gasteiger partial charge in [0.05, 0.1) is 22.4 Å². The number of alkyl halides is 3. The number of carbonyl (C=O) groups excluding carboxylic acids is 2. The van der Waals surface area contributed by atoms with Crippen molar-refractivity contribution in [2.75, 3.05) is 0 Å². The van der Waals surface area contributed by atoms with E-state index < -0.39 is 29.4 Å². The van der Waals surface area contributed by atoms with Crippen molar-refractivity contribution in [3.8, 4) is 11.1 Å². The van der Waals surface area contributed by atoms with E-state index >= 15 is 0 Å². The van der Waals surface area contributed by atoms with E-state index in [9.17, 15) is 27.6 Å². The molecule has 0 radical (unpaired) electrons. The molecule has 0 aliphatic rings. The van der Waals surface area contributed by atoms with Gasteiger partial charge in [0.15, 0.2) is 5.78 Å². The summed E-state index contributed by atoms with van der Waals surface area (Å²) in [6.45, 7) is 4.94. The summed E-state index contributed by atoms with van der Waals surface area (Å²) in [7, 11) is 0. The van der Waals surface area contributed by atoms with Crippen molar-refractivity contribution in [2.24, 2.45) is 0 Å². The maximum absolute atomic E-state index is 13.3. The average molecular weight is 467 g/mol. The lowest BCUT2D eigenvalue weighted by atomic mass is 10.0. The molecular weight excluding hydrogens is 447 g/mol. The summed E-state index contributed by atoms with van der Waals surface area (Å²) in [6.07, 6.45) is -4.51. The van der Waals surface area contributed by atoms with E-state index in [0.29, 0.717) is 21.4 Å². The molecule has 0 saturated carbocycles. The number of halogens is 3. The number of Topliss-reactive ketones (excluding diaryl/α,β-unsaturated/α-hetero) is 1. The molecule has 2 heterocycles. The van der Waals surface area contributed by atoms with Crippen molar-refractivity contribution in [3.05, 3.63) is 46.3 Å². The van der Waals surface area contributed by atoms with Crippen LogP contribution in [0.2, 0.25) is 0 Å². The molecule has 0 atom stereocenters. The molecule has 3 aromatic rings. The fraction of sp³-hybridized carbons (Fsp3) is 0.318. The highest BCUT2D eigenvalue weighted by Gasteiger charge is 2.32. The molecule has 0 fully saturated rings. The molecule has 0 bridgehead atoms. The van der Waals surface area contributed by atoms with E-state index in [1.807, 2.05) is 0 Å². The van der Waals surface area contributed by atoms with Crippen LogP contribution in [0, 0.1) is 0 Å². The molecule has 0 spiro atoms. The third-order valence-corrected chi connectivity index (χ3v) is 5.45. The number of carbonyl (C=O) groups is 3. The van der Waals surface area contributed by atoms with Crippen molar-refractivity contribution in [2.45, 2.75) is 45.4 Å². The Kier molecular flexibility index (Phi) is 6.19. The first-order valence-corrected chi connectivity index (χ1v) is 10.4. The average Bonchev–Trinajstić information content (AvgIpc) is 3.28. The fourth-order valence-corrected chi connectivity index (χ4v) is 3.94. The standard InChI is InChI=1S/C22H20F3NO5S/c1-21(2,3)31-20(30)26-10-15(14-5-4-13(9-16(14)26)22(23,24)25)12-8-18(32-11-12)17(27)6-7-19(28)29/h4-5,8-11H,6-7H2,1-3H3,(H,28,29). The summed E-state index contributed by atoms with van der Waals surface area (Å²) in [5.74, 6) is -1.44. The van der Waals surface area contributed by atoms with E-state index in [0.717, 1.165) is 28.0 Å². The van der Waals surface area contributed by atoms with Crippen LogP contribution in [-0.4, -0.2) is 33.1 Å². The Bertz CT molecular complexity index is 1200. The second-order valence-corrected chi connectivity index (χ2v) is 9.05. The van der Waals surface area contributed by atoms with Gasteiger partial charge in [0.1, 0.15) is 5.60 Å². The van der Waals surface area contributed by atoms with Gasteiger partial charge in [0, 0.05) is 23.6 Å². The number of ether oxygens (including phenoxy) is 1. The molecule has 1 aromatic carbocycles. The molecule has 2 aromatic heterocycles. The third kappa shape index (κ3) is 5.18. The zero-order valence-electron chi connectivity index (χ0n) is 17.4. The Hall–Kier alpha value is -3.14. The quantitative estimate of drug-likeness (QED) is 0.450. The zero-order chi connectivity index (χ0) is 23.8. The molecule has 6 nitrogen and oxygen atoms in total. The molecule has 3 rings (SSSR count). The SMILES string of the molecule is CC(C)(C)OC(=O)n1cc(-c2csc(C(=O)CCC(=O)O)c2)c2ccc(C(F)(F)F)cc21. The molecule has 0 unspecified atom stereocenters. The fourth-order valence-electron chi connectivity index (χ4n) is 3.06. The second kappa shape index (κ2) is 8.42. The molecule has 0 saturated heterocycles. The van der Waals surface area contributed by atoms with E-state index in [4.69, 9.17) is 9.84 Å². The predicted molar refractivity (Wildman–Crippen MR) is 113 cm³/mol. The van der Waals surface area contributed by atoms with Gasteiger partial charge < -0.3 is 9.84 Å². The highest BCUT2D eigenvalue weighted by molar-refractivity contribution is 7.12. The molecule has 0 aliphatic heterocycles. The minimum Gasteiger partial charge on any atom is -0.481 e. The monoisotopic (exact) mass is 467 g/mol. The first kappa shape index (κ1) is 23.5. The number of rotatable bonds is 5. The summed E-state index contributed by atoms with van der Waals surface area (Å²) < 4.78 is 46.2. The van der Waals surface area contributed by atoms with Crippen LogP contribution in [0.3, 0.4) is 0 Å². The Morgan fingerprint density at radius 2 is 1.78 bits per heavy atom. The normalized spacial score (nSPS) is 12.2. The lowest BCUT2D eigenvalue weighted by Crippen LogP contribution is -2.26. The molecule has 32 heavy (non-hydrogen) atoms. The van der Waals surface area contributed by atoms with Crippen LogP contribution in [0.5, 0.6) is 0 Å². The van der Waals surface area contributed by atoms with Crippen molar-refractivity contribution >= 4 is 40.1 Å². The largest absolute Gasteiger partial charge is 0.481 e. The third-order valence-electron chi connectivity index (χ3n) is 4.47.